The van der Waals surface area contributed by atoms with Gasteiger partial charge in [-0.25, -0.2) is 4.39 Å². The Balaban J connectivity index is 3.56. The second kappa shape index (κ2) is 3.58. The van der Waals surface area contributed by atoms with Crippen molar-refractivity contribution >= 4 is 0 Å². The van der Waals surface area contributed by atoms with Gasteiger partial charge in [0.1, 0.15) is 6.17 Å². The van der Waals surface area contributed by atoms with Crippen LogP contribution in [0.2, 0.25) is 0 Å². The highest BCUT2D eigenvalue weighted by Crippen LogP contribution is 2.24. The zero-order valence-corrected chi connectivity index (χ0v) is 5.29. The summed E-state index contributed by atoms with van der Waals surface area (Å²) in [5.74, 6) is 0. The lowest BCUT2D eigenvalue weighted by molar-refractivity contribution is -0.145. The quantitative estimate of drug-likeness (QED) is 0.435. The van der Waals surface area contributed by atoms with Crippen molar-refractivity contribution < 1.29 is 17.6 Å². The fourth-order valence-corrected chi connectivity index (χ4v) is 0.515. The second-order valence-electron chi connectivity index (χ2n) is 1.94. The van der Waals surface area contributed by atoms with Crippen LogP contribution in [0.4, 0.5) is 17.6 Å². The molecule has 0 aromatic carbocycles. The number of rotatable bonds is 3. The summed E-state index contributed by atoms with van der Waals surface area (Å²) in [6.07, 6.45) is -6.71. The molecule has 0 heterocycles. The summed E-state index contributed by atoms with van der Waals surface area (Å²) in [6, 6.07) is 0. The third-order valence-electron chi connectivity index (χ3n) is 0.875. The maximum atomic E-state index is 12.1. The molecular formula is C6H8F4. The Labute approximate surface area is 56.5 Å². The van der Waals surface area contributed by atoms with E-state index in [4.69, 9.17) is 0 Å². The average Bonchev–Trinajstić information content (AvgIpc) is 1.59. The zero-order valence-electron chi connectivity index (χ0n) is 5.29. The minimum absolute atomic E-state index is 0.237. The maximum Gasteiger partial charge on any atom is 0.391 e. The van der Waals surface area contributed by atoms with Gasteiger partial charge < -0.3 is 0 Å². The Morgan fingerprint density at radius 1 is 1.40 bits per heavy atom. The molecule has 0 aromatic heterocycles. The molecule has 0 saturated carbocycles. The number of hydrogen-bond acceptors (Lipinski definition) is 0. The van der Waals surface area contributed by atoms with Gasteiger partial charge in [0.15, 0.2) is 0 Å². The molecule has 0 saturated heterocycles. The van der Waals surface area contributed by atoms with Gasteiger partial charge in [-0.1, -0.05) is 6.08 Å². The van der Waals surface area contributed by atoms with Crippen LogP contribution in [0.5, 0.6) is 0 Å². The van der Waals surface area contributed by atoms with E-state index in [1.165, 1.54) is 0 Å². The smallest absolute Gasteiger partial charge is 0.247 e. The second-order valence-corrected chi connectivity index (χ2v) is 1.94. The normalized spacial score (nSPS) is 14.8. The maximum absolute atomic E-state index is 12.1. The van der Waals surface area contributed by atoms with E-state index in [1.54, 1.807) is 0 Å². The van der Waals surface area contributed by atoms with Crippen molar-refractivity contribution in [3.05, 3.63) is 12.7 Å². The monoisotopic (exact) mass is 156 g/mol. The topological polar surface area (TPSA) is 0 Å². The van der Waals surface area contributed by atoms with Crippen molar-refractivity contribution in [1.82, 2.24) is 0 Å². The molecule has 1 unspecified atom stereocenters. The molecule has 0 radical (unpaired) electrons. The van der Waals surface area contributed by atoms with E-state index in [0.29, 0.717) is 0 Å². The van der Waals surface area contributed by atoms with E-state index in [1.807, 2.05) is 0 Å². The van der Waals surface area contributed by atoms with Crippen molar-refractivity contribution in [2.24, 2.45) is 0 Å². The van der Waals surface area contributed by atoms with E-state index >= 15 is 0 Å². The molecule has 10 heavy (non-hydrogen) atoms. The zero-order chi connectivity index (χ0) is 8.20. The molecule has 0 spiro atoms. The van der Waals surface area contributed by atoms with E-state index in [9.17, 15) is 17.6 Å². The van der Waals surface area contributed by atoms with Gasteiger partial charge in [-0.2, -0.15) is 13.2 Å². The van der Waals surface area contributed by atoms with Crippen LogP contribution < -0.4 is 0 Å². The van der Waals surface area contributed by atoms with Crippen LogP contribution in [0.15, 0.2) is 12.7 Å². The van der Waals surface area contributed by atoms with Gasteiger partial charge in [-0.05, 0) is 6.42 Å². The van der Waals surface area contributed by atoms with Crippen LogP contribution in [-0.2, 0) is 0 Å². The minimum Gasteiger partial charge on any atom is -0.247 e. The van der Waals surface area contributed by atoms with Crippen LogP contribution in [0.3, 0.4) is 0 Å². The average molecular weight is 156 g/mol. The highest BCUT2D eigenvalue weighted by atomic mass is 19.4. The molecule has 60 valence electrons. The Kier molecular flexibility index (Phi) is 3.39. The first-order valence-corrected chi connectivity index (χ1v) is 2.77. The first kappa shape index (κ1) is 9.46. The van der Waals surface area contributed by atoms with Crippen LogP contribution in [0.1, 0.15) is 12.8 Å². The Morgan fingerprint density at radius 2 is 1.90 bits per heavy atom. The minimum atomic E-state index is -4.40. The fraction of sp³-hybridized carbons (Fsp3) is 0.667. The number of alkyl halides is 4. The van der Waals surface area contributed by atoms with Gasteiger partial charge in [0, 0.05) is 0 Å². The number of hydrogen-bond donors (Lipinski definition) is 0. The lowest BCUT2D eigenvalue weighted by Gasteiger charge is -2.07. The summed E-state index contributed by atoms with van der Waals surface area (Å²) < 4.78 is 46.2. The third-order valence-corrected chi connectivity index (χ3v) is 0.875. The highest BCUT2D eigenvalue weighted by molar-refractivity contribution is 4.74. The standard InChI is InChI=1S/C6H8F4/c1-2-3-5(7)4-6(8,9)10/h2,5H,1,3-4H2. The van der Waals surface area contributed by atoms with Crippen molar-refractivity contribution in [3.63, 3.8) is 0 Å². The van der Waals surface area contributed by atoms with Gasteiger partial charge in [0.25, 0.3) is 0 Å². The molecular weight excluding hydrogens is 148 g/mol. The summed E-state index contributed by atoms with van der Waals surface area (Å²) in [6.45, 7) is 3.12. The Bertz CT molecular complexity index is 105. The molecule has 0 aliphatic rings. The highest BCUT2D eigenvalue weighted by Gasteiger charge is 2.31. The van der Waals surface area contributed by atoms with Crippen LogP contribution in [0.25, 0.3) is 0 Å². The lowest BCUT2D eigenvalue weighted by Crippen LogP contribution is -2.15. The van der Waals surface area contributed by atoms with Crippen molar-refractivity contribution in [2.45, 2.75) is 25.2 Å². The van der Waals surface area contributed by atoms with Crippen LogP contribution in [0, 0.1) is 0 Å². The number of halogens is 4. The molecule has 0 N–H and O–H groups in total. The molecule has 0 fully saturated rings. The molecule has 0 aromatic rings. The van der Waals surface area contributed by atoms with E-state index in [0.717, 1.165) is 6.08 Å². The SMILES string of the molecule is C=CCC(F)CC(F)(F)F. The van der Waals surface area contributed by atoms with Crippen molar-refractivity contribution in [3.8, 4) is 0 Å². The predicted molar refractivity (Wildman–Crippen MR) is 30.4 cm³/mol. The number of allylic oxidation sites excluding steroid dienone is 1. The summed E-state index contributed by atoms with van der Waals surface area (Å²) in [5, 5.41) is 0. The Hall–Kier alpha value is -0.540. The predicted octanol–water partition coefficient (Wildman–Crippen LogP) is 2.85. The van der Waals surface area contributed by atoms with Gasteiger partial charge in [-0.3, -0.25) is 0 Å². The molecule has 1 atom stereocenters. The summed E-state index contributed by atoms with van der Waals surface area (Å²) in [7, 11) is 0. The summed E-state index contributed by atoms with van der Waals surface area (Å²) >= 11 is 0. The molecule has 0 aliphatic heterocycles. The molecule has 0 nitrogen and oxygen atoms in total. The molecule has 0 bridgehead atoms. The van der Waals surface area contributed by atoms with E-state index in [2.05, 4.69) is 6.58 Å². The van der Waals surface area contributed by atoms with Crippen molar-refractivity contribution in [1.29, 1.82) is 0 Å². The summed E-state index contributed by atoms with van der Waals surface area (Å²) in [5.41, 5.74) is 0. The largest absolute Gasteiger partial charge is 0.391 e. The van der Waals surface area contributed by atoms with Gasteiger partial charge >= 0.3 is 6.18 Å². The first-order chi connectivity index (χ1) is 4.45. The van der Waals surface area contributed by atoms with Gasteiger partial charge in [0.05, 0.1) is 6.42 Å². The Morgan fingerprint density at radius 3 is 2.20 bits per heavy atom. The first-order valence-electron chi connectivity index (χ1n) is 2.77. The van der Waals surface area contributed by atoms with Gasteiger partial charge in [-0.15, -0.1) is 6.58 Å². The summed E-state index contributed by atoms with van der Waals surface area (Å²) in [4.78, 5) is 0. The third kappa shape index (κ3) is 5.59. The molecule has 4 heteroatoms. The van der Waals surface area contributed by atoms with Crippen molar-refractivity contribution in [2.75, 3.05) is 0 Å². The molecule has 0 amide bonds. The molecule has 0 aliphatic carbocycles. The van der Waals surface area contributed by atoms with Gasteiger partial charge in [0.2, 0.25) is 0 Å². The fourth-order valence-electron chi connectivity index (χ4n) is 0.515. The van der Waals surface area contributed by atoms with Crippen LogP contribution in [-0.4, -0.2) is 12.3 Å². The lowest BCUT2D eigenvalue weighted by atomic mass is 10.2. The van der Waals surface area contributed by atoms with E-state index < -0.39 is 18.8 Å². The van der Waals surface area contributed by atoms with Crippen LogP contribution >= 0.6 is 0 Å². The molecule has 0 rings (SSSR count). The van der Waals surface area contributed by atoms with E-state index in [-0.39, 0.29) is 6.42 Å².